The van der Waals surface area contributed by atoms with Crippen molar-refractivity contribution in [3.05, 3.63) is 23.8 Å². The van der Waals surface area contributed by atoms with Crippen molar-refractivity contribution in [1.82, 2.24) is 5.32 Å². The van der Waals surface area contributed by atoms with Gasteiger partial charge in [0, 0.05) is 31.5 Å². The summed E-state index contributed by atoms with van der Waals surface area (Å²) in [6.07, 6.45) is 4.80. The highest BCUT2D eigenvalue weighted by atomic mass is 16.2. The first-order valence-electron chi connectivity index (χ1n) is 7.83. The Kier molecular flexibility index (Phi) is 5.10. The minimum absolute atomic E-state index is 0.0885. The molecule has 2 unspecified atom stereocenters. The molecule has 1 aromatic rings. The lowest BCUT2D eigenvalue weighted by molar-refractivity contribution is 0.232. The van der Waals surface area contributed by atoms with Gasteiger partial charge in [-0.05, 0) is 49.4 Å². The number of nitrogens with one attached hydrogen (secondary N) is 2. The number of rotatable bonds is 3. The summed E-state index contributed by atoms with van der Waals surface area (Å²) in [5.41, 5.74) is 3.09. The molecule has 0 heterocycles. The van der Waals surface area contributed by atoms with Gasteiger partial charge in [-0.2, -0.15) is 0 Å². The second-order valence-corrected chi connectivity index (χ2v) is 6.36. The lowest BCUT2D eigenvalue weighted by atomic mass is 9.86. The fourth-order valence-corrected chi connectivity index (χ4v) is 2.92. The van der Waals surface area contributed by atoms with Crippen molar-refractivity contribution in [3.63, 3.8) is 0 Å². The molecule has 0 aliphatic heterocycles. The highest BCUT2D eigenvalue weighted by Crippen LogP contribution is 2.24. The van der Waals surface area contributed by atoms with Gasteiger partial charge in [-0.3, -0.25) is 0 Å². The van der Waals surface area contributed by atoms with E-state index < -0.39 is 0 Å². The normalized spacial score (nSPS) is 21.7. The van der Waals surface area contributed by atoms with E-state index >= 15 is 0 Å². The molecule has 0 saturated heterocycles. The highest BCUT2D eigenvalue weighted by Gasteiger charge is 2.22. The molecule has 116 valence electrons. The number of aryl methyl sites for hydroxylation is 1. The quantitative estimate of drug-likeness (QED) is 0.890. The third kappa shape index (κ3) is 4.13. The monoisotopic (exact) mass is 289 g/mol. The summed E-state index contributed by atoms with van der Waals surface area (Å²) in [5.74, 6) is 0.571. The molecule has 21 heavy (non-hydrogen) atoms. The second kappa shape index (κ2) is 6.83. The lowest BCUT2D eigenvalue weighted by Crippen LogP contribution is -2.43. The largest absolute Gasteiger partial charge is 0.378 e. The van der Waals surface area contributed by atoms with Gasteiger partial charge in [-0.25, -0.2) is 4.79 Å². The van der Waals surface area contributed by atoms with Crippen LogP contribution in [0.2, 0.25) is 0 Å². The molecule has 1 aromatic carbocycles. The van der Waals surface area contributed by atoms with Crippen LogP contribution in [0.1, 0.15) is 38.2 Å². The number of hydrogen-bond acceptors (Lipinski definition) is 2. The molecule has 1 saturated carbocycles. The molecule has 1 aliphatic rings. The fraction of sp³-hybridized carbons (Fsp3) is 0.588. The number of urea groups is 1. The van der Waals surface area contributed by atoms with E-state index in [1.165, 1.54) is 19.3 Å². The van der Waals surface area contributed by atoms with E-state index in [9.17, 15) is 4.79 Å². The third-order valence-corrected chi connectivity index (χ3v) is 4.40. The molecule has 2 rings (SSSR count). The van der Waals surface area contributed by atoms with Gasteiger partial charge in [-0.15, -0.1) is 0 Å². The minimum atomic E-state index is -0.0885. The van der Waals surface area contributed by atoms with Gasteiger partial charge in [-0.1, -0.05) is 19.8 Å². The number of nitrogens with zero attached hydrogens (tertiary/aromatic N) is 1. The molecule has 1 fully saturated rings. The van der Waals surface area contributed by atoms with Crippen LogP contribution in [0.5, 0.6) is 0 Å². The van der Waals surface area contributed by atoms with E-state index in [0.29, 0.717) is 12.0 Å². The molecule has 0 aromatic heterocycles. The van der Waals surface area contributed by atoms with Crippen molar-refractivity contribution in [1.29, 1.82) is 0 Å². The number of carbonyl (C=O) groups is 1. The van der Waals surface area contributed by atoms with Crippen LogP contribution in [0.4, 0.5) is 16.2 Å². The molecule has 4 nitrogen and oxygen atoms in total. The maximum atomic E-state index is 12.2. The minimum Gasteiger partial charge on any atom is -0.378 e. The molecule has 0 spiro atoms. The van der Waals surface area contributed by atoms with E-state index in [0.717, 1.165) is 23.4 Å². The topological polar surface area (TPSA) is 44.4 Å². The van der Waals surface area contributed by atoms with Gasteiger partial charge < -0.3 is 15.5 Å². The van der Waals surface area contributed by atoms with Gasteiger partial charge in [0.1, 0.15) is 0 Å². The van der Waals surface area contributed by atoms with Crippen LogP contribution < -0.4 is 15.5 Å². The summed E-state index contributed by atoms with van der Waals surface area (Å²) in [6, 6.07) is 6.29. The first-order valence-corrected chi connectivity index (χ1v) is 7.83. The molecule has 0 bridgehead atoms. The molecule has 2 amide bonds. The number of hydrogen-bond donors (Lipinski definition) is 2. The maximum Gasteiger partial charge on any atom is 0.319 e. The van der Waals surface area contributed by atoms with Crippen molar-refractivity contribution < 1.29 is 4.79 Å². The number of carbonyl (C=O) groups excluding carboxylic acids is 1. The Morgan fingerprint density at radius 3 is 2.57 bits per heavy atom. The van der Waals surface area contributed by atoms with Crippen molar-refractivity contribution in [3.8, 4) is 0 Å². The smallest absolute Gasteiger partial charge is 0.319 e. The first kappa shape index (κ1) is 15.7. The number of benzene rings is 1. The summed E-state index contributed by atoms with van der Waals surface area (Å²) < 4.78 is 0. The van der Waals surface area contributed by atoms with Crippen LogP contribution in [-0.4, -0.2) is 26.2 Å². The Morgan fingerprint density at radius 1 is 1.24 bits per heavy atom. The van der Waals surface area contributed by atoms with Gasteiger partial charge in [0.15, 0.2) is 0 Å². The standard InChI is InChI=1S/C17H27N3O/c1-12-7-5-6-8-15(12)18-17(21)19-16-10-9-14(20(3)4)11-13(16)2/h9-12,15H,5-8H2,1-4H3,(H2,18,19,21). The predicted octanol–water partition coefficient (Wildman–Crippen LogP) is 3.76. The van der Waals surface area contributed by atoms with Crippen molar-refractivity contribution in [2.75, 3.05) is 24.3 Å². The van der Waals surface area contributed by atoms with E-state index in [2.05, 4.69) is 28.5 Å². The predicted molar refractivity (Wildman–Crippen MR) is 89.1 cm³/mol. The maximum absolute atomic E-state index is 12.2. The van der Waals surface area contributed by atoms with Crippen molar-refractivity contribution >= 4 is 17.4 Å². The average Bonchev–Trinajstić information content (AvgIpc) is 2.43. The van der Waals surface area contributed by atoms with E-state index in [4.69, 9.17) is 0 Å². The van der Waals surface area contributed by atoms with Gasteiger partial charge in [0.05, 0.1) is 0 Å². The average molecular weight is 289 g/mol. The van der Waals surface area contributed by atoms with Crippen molar-refractivity contribution in [2.45, 2.75) is 45.6 Å². The molecule has 2 atom stereocenters. The Morgan fingerprint density at radius 2 is 1.95 bits per heavy atom. The summed E-state index contributed by atoms with van der Waals surface area (Å²) in [4.78, 5) is 14.2. The lowest BCUT2D eigenvalue weighted by Gasteiger charge is -2.29. The van der Waals surface area contributed by atoms with E-state index in [1.54, 1.807) is 0 Å². The second-order valence-electron chi connectivity index (χ2n) is 6.36. The summed E-state index contributed by atoms with van der Waals surface area (Å²) >= 11 is 0. The van der Waals surface area contributed by atoms with Gasteiger partial charge >= 0.3 is 6.03 Å². The summed E-state index contributed by atoms with van der Waals surface area (Å²) in [7, 11) is 4.03. The summed E-state index contributed by atoms with van der Waals surface area (Å²) in [5, 5.41) is 6.10. The fourth-order valence-electron chi connectivity index (χ4n) is 2.92. The van der Waals surface area contributed by atoms with Gasteiger partial charge in [0.25, 0.3) is 0 Å². The Balaban J connectivity index is 1.96. The third-order valence-electron chi connectivity index (χ3n) is 4.40. The molecule has 1 aliphatic carbocycles. The van der Waals surface area contributed by atoms with Crippen LogP contribution in [0.3, 0.4) is 0 Å². The molecular weight excluding hydrogens is 262 g/mol. The van der Waals surface area contributed by atoms with Crippen LogP contribution in [0.15, 0.2) is 18.2 Å². The molecule has 4 heteroatoms. The number of anilines is 2. The zero-order valence-corrected chi connectivity index (χ0v) is 13.6. The SMILES string of the molecule is Cc1cc(N(C)C)ccc1NC(=O)NC1CCCCC1C. The first-order chi connectivity index (χ1) is 9.97. The zero-order valence-electron chi connectivity index (χ0n) is 13.6. The van der Waals surface area contributed by atoms with Crippen LogP contribution in [0, 0.1) is 12.8 Å². The Labute approximate surface area is 127 Å². The Bertz CT molecular complexity index is 499. The highest BCUT2D eigenvalue weighted by molar-refractivity contribution is 5.90. The van der Waals surface area contributed by atoms with E-state index in [1.807, 2.05) is 33.2 Å². The molecule has 2 N–H and O–H groups in total. The van der Waals surface area contributed by atoms with Crippen LogP contribution >= 0.6 is 0 Å². The van der Waals surface area contributed by atoms with Crippen LogP contribution in [-0.2, 0) is 0 Å². The van der Waals surface area contributed by atoms with Crippen molar-refractivity contribution in [2.24, 2.45) is 5.92 Å². The van der Waals surface area contributed by atoms with Gasteiger partial charge in [0.2, 0.25) is 0 Å². The van der Waals surface area contributed by atoms with Crippen LogP contribution in [0.25, 0.3) is 0 Å². The zero-order chi connectivity index (χ0) is 15.4. The molecular formula is C17H27N3O. The Hall–Kier alpha value is -1.71. The number of amides is 2. The van der Waals surface area contributed by atoms with E-state index in [-0.39, 0.29) is 6.03 Å². The molecule has 0 radical (unpaired) electrons. The summed E-state index contributed by atoms with van der Waals surface area (Å²) in [6.45, 7) is 4.24.